The molecule has 1 aromatic carbocycles. The third-order valence-electron chi connectivity index (χ3n) is 1.90. The zero-order valence-electron chi connectivity index (χ0n) is 9.48. The molecule has 0 heterocycles. The van der Waals surface area contributed by atoms with Gasteiger partial charge in [-0.3, -0.25) is 4.79 Å². The molecule has 1 rings (SSSR count). The van der Waals surface area contributed by atoms with Gasteiger partial charge < -0.3 is 11.1 Å². The van der Waals surface area contributed by atoms with E-state index in [2.05, 4.69) is 5.32 Å². The fraction of sp³-hybridized carbons (Fsp3) is 0.364. The molecule has 3 nitrogen and oxygen atoms in total. The molecule has 0 fully saturated rings. The van der Waals surface area contributed by atoms with E-state index in [-0.39, 0.29) is 18.3 Å². The van der Waals surface area contributed by atoms with E-state index in [0.29, 0.717) is 6.54 Å². The van der Waals surface area contributed by atoms with Crippen LogP contribution in [0, 0.1) is 0 Å². The van der Waals surface area contributed by atoms with Crippen molar-refractivity contribution in [2.24, 2.45) is 5.73 Å². The predicted octanol–water partition coefficient (Wildman–Crippen LogP) is 2.32. The maximum atomic E-state index is 11.1. The Morgan fingerprint density at radius 2 is 2.06 bits per heavy atom. The molecule has 1 atom stereocenters. The summed E-state index contributed by atoms with van der Waals surface area (Å²) in [6, 6.07) is 7.18. The lowest BCUT2D eigenvalue weighted by atomic mass is 10.3. The van der Waals surface area contributed by atoms with E-state index in [0.717, 1.165) is 15.7 Å². The van der Waals surface area contributed by atoms with Crippen LogP contribution >= 0.6 is 35.8 Å². The Kier molecular flexibility index (Phi) is 8.43. The molecule has 0 saturated heterocycles. The summed E-state index contributed by atoms with van der Waals surface area (Å²) < 4.78 is 0. The Labute approximate surface area is 117 Å². The summed E-state index contributed by atoms with van der Waals surface area (Å²) in [5.74, 6) is 0.705. The summed E-state index contributed by atoms with van der Waals surface area (Å²) in [5.41, 5.74) is 5.41. The highest BCUT2D eigenvalue weighted by atomic mass is 35.5. The molecule has 0 aliphatic carbocycles. The number of thioether (sulfide) groups is 1. The molecule has 1 aromatic rings. The standard InChI is InChI=1S/C11H15ClN2OS.ClH/c1-8(13)11(15)14-6-7-16-10-4-2-9(12)3-5-10;/h2-5,8H,6-7,13H2,1H3,(H,14,15);1H/t8-;/m1./s1. The van der Waals surface area contributed by atoms with Crippen molar-refractivity contribution in [1.82, 2.24) is 5.32 Å². The van der Waals surface area contributed by atoms with Crippen LogP contribution < -0.4 is 11.1 Å². The van der Waals surface area contributed by atoms with Gasteiger partial charge in [0.1, 0.15) is 0 Å². The van der Waals surface area contributed by atoms with Gasteiger partial charge in [-0.2, -0.15) is 0 Å². The van der Waals surface area contributed by atoms with E-state index in [4.69, 9.17) is 17.3 Å². The normalized spacial score (nSPS) is 11.5. The Bertz CT molecular complexity index is 344. The van der Waals surface area contributed by atoms with Crippen LogP contribution in [0.15, 0.2) is 29.2 Å². The minimum Gasteiger partial charge on any atom is -0.354 e. The molecule has 6 heteroatoms. The molecular weight excluding hydrogens is 279 g/mol. The van der Waals surface area contributed by atoms with E-state index in [1.54, 1.807) is 18.7 Å². The van der Waals surface area contributed by atoms with Gasteiger partial charge in [-0.15, -0.1) is 24.2 Å². The average Bonchev–Trinajstić information content (AvgIpc) is 2.26. The first-order valence-electron chi connectivity index (χ1n) is 5.01. The van der Waals surface area contributed by atoms with Crippen molar-refractivity contribution in [3.8, 4) is 0 Å². The van der Waals surface area contributed by atoms with Gasteiger partial charge in [-0.05, 0) is 31.2 Å². The van der Waals surface area contributed by atoms with Crippen LogP contribution in [0.3, 0.4) is 0 Å². The number of benzene rings is 1. The second-order valence-electron chi connectivity index (χ2n) is 3.38. The van der Waals surface area contributed by atoms with Crippen LogP contribution in [0.25, 0.3) is 0 Å². The van der Waals surface area contributed by atoms with E-state index >= 15 is 0 Å². The number of hydrogen-bond donors (Lipinski definition) is 2. The molecule has 0 unspecified atom stereocenters. The van der Waals surface area contributed by atoms with Gasteiger partial charge in [0.15, 0.2) is 0 Å². The zero-order chi connectivity index (χ0) is 12.0. The topological polar surface area (TPSA) is 55.1 Å². The van der Waals surface area contributed by atoms with Gasteiger partial charge in [-0.1, -0.05) is 11.6 Å². The van der Waals surface area contributed by atoms with Crippen LogP contribution in [0.4, 0.5) is 0 Å². The molecular formula is C11H16Cl2N2OS. The van der Waals surface area contributed by atoms with Crippen LogP contribution in [-0.2, 0) is 4.79 Å². The van der Waals surface area contributed by atoms with Gasteiger partial charge >= 0.3 is 0 Å². The Balaban J connectivity index is 0.00000256. The summed E-state index contributed by atoms with van der Waals surface area (Å²) in [4.78, 5) is 12.3. The number of amides is 1. The van der Waals surface area contributed by atoms with Gasteiger partial charge in [0.05, 0.1) is 6.04 Å². The molecule has 0 aromatic heterocycles. The predicted molar refractivity (Wildman–Crippen MR) is 76.1 cm³/mol. The smallest absolute Gasteiger partial charge is 0.236 e. The average molecular weight is 295 g/mol. The highest BCUT2D eigenvalue weighted by molar-refractivity contribution is 7.99. The lowest BCUT2D eigenvalue weighted by Gasteiger charge is -2.07. The minimum atomic E-state index is -0.444. The molecule has 96 valence electrons. The van der Waals surface area contributed by atoms with E-state index in [1.165, 1.54) is 0 Å². The molecule has 3 N–H and O–H groups in total. The second kappa shape index (κ2) is 8.64. The summed E-state index contributed by atoms with van der Waals surface area (Å²) in [7, 11) is 0. The number of nitrogens with one attached hydrogen (secondary N) is 1. The Morgan fingerprint density at radius 1 is 1.47 bits per heavy atom. The summed E-state index contributed by atoms with van der Waals surface area (Å²) in [6.45, 7) is 2.29. The van der Waals surface area contributed by atoms with Crippen molar-refractivity contribution in [1.29, 1.82) is 0 Å². The van der Waals surface area contributed by atoms with Crippen molar-refractivity contribution in [2.45, 2.75) is 17.9 Å². The van der Waals surface area contributed by atoms with Crippen molar-refractivity contribution in [2.75, 3.05) is 12.3 Å². The summed E-state index contributed by atoms with van der Waals surface area (Å²) in [5, 5.41) is 3.48. The van der Waals surface area contributed by atoms with Crippen LogP contribution in [0.1, 0.15) is 6.92 Å². The first-order valence-corrected chi connectivity index (χ1v) is 6.37. The van der Waals surface area contributed by atoms with Gasteiger partial charge in [0.2, 0.25) is 5.91 Å². The lowest BCUT2D eigenvalue weighted by molar-refractivity contribution is -0.121. The fourth-order valence-corrected chi connectivity index (χ4v) is 1.93. The van der Waals surface area contributed by atoms with Crippen molar-refractivity contribution in [3.05, 3.63) is 29.3 Å². The number of rotatable bonds is 5. The summed E-state index contributed by atoms with van der Waals surface area (Å²) in [6.07, 6.45) is 0. The highest BCUT2D eigenvalue weighted by Gasteiger charge is 2.05. The van der Waals surface area contributed by atoms with E-state index < -0.39 is 6.04 Å². The third kappa shape index (κ3) is 6.78. The molecule has 0 aliphatic heterocycles. The number of carbonyl (C=O) groups is 1. The molecule has 1 amide bonds. The highest BCUT2D eigenvalue weighted by Crippen LogP contribution is 2.19. The number of nitrogens with two attached hydrogens (primary N) is 1. The Morgan fingerprint density at radius 3 is 2.59 bits per heavy atom. The fourth-order valence-electron chi connectivity index (χ4n) is 1.03. The molecule has 17 heavy (non-hydrogen) atoms. The van der Waals surface area contributed by atoms with E-state index in [1.807, 2.05) is 24.3 Å². The monoisotopic (exact) mass is 294 g/mol. The second-order valence-corrected chi connectivity index (χ2v) is 4.99. The first kappa shape index (κ1) is 16.6. The number of carbonyl (C=O) groups excluding carboxylic acids is 1. The quantitative estimate of drug-likeness (QED) is 0.647. The van der Waals surface area contributed by atoms with Gasteiger partial charge in [0, 0.05) is 22.2 Å². The maximum absolute atomic E-state index is 11.1. The SMILES string of the molecule is C[C@@H](N)C(=O)NCCSc1ccc(Cl)cc1.Cl. The van der Waals surface area contributed by atoms with Crippen molar-refractivity contribution >= 4 is 41.7 Å². The number of hydrogen-bond acceptors (Lipinski definition) is 3. The van der Waals surface area contributed by atoms with Crippen LogP contribution in [0.5, 0.6) is 0 Å². The largest absolute Gasteiger partial charge is 0.354 e. The molecule has 0 radical (unpaired) electrons. The third-order valence-corrected chi connectivity index (χ3v) is 3.16. The first-order chi connectivity index (χ1) is 7.59. The van der Waals surface area contributed by atoms with E-state index in [9.17, 15) is 4.79 Å². The van der Waals surface area contributed by atoms with Crippen molar-refractivity contribution in [3.63, 3.8) is 0 Å². The molecule has 0 spiro atoms. The lowest BCUT2D eigenvalue weighted by Crippen LogP contribution is -2.39. The molecule has 0 saturated carbocycles. The van der Waals surface area contributed by atoms with Gasteiger partial charge in [-0.25, -0.2) is 0 Å². The van der Waals surface area contributed by atoms with Crippen LogP contribution in [-0.4, -0.2) is 24.2 Å². The molecule has 0 bridgehead atoms. The van der Waals surface area contributed by atoms with Crippen molar-refractivity contribution < 1.29 is 4.79 Å². The Hall–Kier alpha value is -0.420. The maximum Gasteiger partial charge on any atom is 0.236 e. The van der Waals surface area contributed by atoms with Crippen LogP contribution in [0.2, 0.25) is 5.02 Å². The minimum absolute atomic E-state index is 0. The molecule has 0 aliphatic rings. The zero-order valence-corrected chi connectivity index (χ0v) is 11.9. The number of halogens is 2. The van der Waals surface area contributed by atoms with Gasteiger partial charge in [0.25, 0.3) is 0 Å². The summed E-state index contributed by atoms with van der Waals surface area (Å²) >= 11 is 7.44.